The fourth-order valence-corrected chi connectivity index (χ4v) is 4.45. The maximum absolute atomic E-state index is 13.0. The van der Waals surface area contributed by atoms with Gasteiger partial charge >= 0.3 is 0 Å². The van der Waals surface area contributed by atoms with Gasteiger partial charge in [0.25, 0.3) is 0 Å². The molecule has 1 atom stereocenters. The van der Waals surface area contributed by atoms with E-state index >= 15 is 0 Å². The maximum Gasteiger partial charge on any atom is 0.224 e. The molecule has 6 heteroatoms. The molecule has 0 spiro atoms. The molecule has 1 aliphatic heterocycles. The molecule has 0 saturated carbocycles. The van der Waals surface area contributed by atoms with Gasteiger partial charge in [-0.3, -0.25) is 9.69 Å². The lowest BCUT2D eigenvalue weighted by molar-refractivity contribution is -0.120. The van der Waals surface area contributed by atoms with E-state index in [1.807, 2.05) is 13.8 Å². The monoisotopic (exact) mass is 446 g/mol. The van der Waals surface area contributed by atoms with Crippen molar-refractivity contribution in [2.24, 2.45) is 0 Å². The number of aromatic nitrogens is 2. The summed E-state index contributed by atoms with van der Waals surface area (Å²) >= 11 is 0. The van der Waals surface area contributed by atoms with Gasteiger partial charge in [0, 0.05) is 42.5 Å². The van der Waals surface area contributed by atoms with Gasteiger partial charge in [0.05, 0.1) is 6.42 Å². The van der Waals surface area contributed by atoms with E-state index in [-0.39, 0.29) is 18.1 Å². The molecule has 4 rings (SSSR count). The Bertz CT molecular complexity index is 1110. The number of aryl methyl sites for hydroxylation is 3. The molecule has 0 bridgehead atoms. The van der Waals surface area contributed by atoms with Crippen LogP contribution in [0.4, 0.5) is 4.39 Å². The smallest absolute Gasteiger partial charge is 0.224 e. The van der Waals surface area contributed by atoms with Crippen molar-refractivity contribution < 1.29 is 9.18 Å². The molecule has 172 valence electrons. The summed E-state index contributed by atoms with van der Waals surface area (Å²) in [5, 5.41) is 2.90. The average Bonchev–Trinajstić information content (AvgIpc) is 3.26. The number of carbonyl (C=O) groups is 1. The van der Waals surface area contributed by atoms with Crippen LogP contribution in [0.5, 0.6) is 0 Å². The first-order chi connectivity index (χ1) is 15.9. The van der Waals surface area contributed by atoms with E-state index in [0.29, 0.717) is 12.5 Å². The Hall–Kier alpha value is -3.12. The Morgan fingerprint density at radius 2 is 1.76 bits per heavy atom. The number of hydrogen-bond acceptors (Lipinski definition) is 4. The van der Waals surface area contributed by atoms with Gasteiger partial charge in [-0.15, -0.1) is 0 Å². The summed E-state index contributed by atoms with van der Waals surface area (Å²) in [6, 6.07) is 14.7. The largest absolute Gasteiger partial charge is 0.352 e. The van der Waals surface area contributed by atoms with Gasteiger partial charge in [0.1, 0.15) is 11.6 Å². The molecular weight excluding hydrogens is 415 g/mol. The summed E-state index contributed by atoms with van der Waals surface area (Å²) in [5.74, 6) is 0.821. The molecule has 1 amide bonds. The third-order valence-electron chi connectivity index (χ3n) is 6.47. The van der Waals surface area contributed by atoms with E-state index in [0.717, 1.165) is 54.4 Å². The molecular formula is C27H31FN4O. The van der Waals surface area contributed by atoms with Crippen LogP contribution in [-0.2, 0) is 24.3 Å². The second-order valence-corrected chi connectivity index (χ2v) is 8.96. The van der Waals surface area contributed by atoms with E-state index in [1.54, 1.807) is 12.1 Å². The Kier molecular flexibility index (Phi) is 7.14. The van der Waals surface area contributed by atoms with Crippen molar-refractivity contribution in [3.63, 3.8) is 0 Å². The number of hydrogen-bond donors (Lipinski definition) is 1. The predicted octanol–water partition coefficient (Wildman–Crippen LogP) is 4.39. The lowest BCUT2D eigenvalue weighted by Crippen LogP contribution is -2.26. The second kappa shape index (κ2) is 10.2. The van der Waals surface area contributed by atoms with Crippen molar-refractivity contribution in [1.82, 2.24) is 20.2 Å². The van der Waals surface area contributed by atoms with E-state index in [1.165, 1.54) is 23.3 Å². The van der Waals surface area contributed by atoms with Gasteiger partial charge in [-0.2, -0.15) is 0 Å². The Morgan fingerprint density at radius 1 is 1.06 bits per heavy atom. The molecule has 3 aromatic rings. The number of nitrogens with one attached hydrogen (secondary N) is 1. The highest BCUT2D eigenvalue weighted by Gasteiger charge is 2.27. The third kappa shape index (κ3) is 5.82. The van der Waals surface area contributed by atoms with Gasteiger partial charge in [0.2, 0.25) is 5.91 Å². The van der Waals surface area contributed by atoms with Gasteiger partial charge in [-0.25, -0.2) is 14.4 Å². The topological polar surface area (TPSA) is 58.1 Å². The molecule has 1 N–H and O–H groups in total. The molecule has 2 aromatic carbocycles. The molecule has 0 radical (unpaired) electrons. The number of halogens is 1. The molecule has 33 heavy (non-hydrogen) atoms. The highest BCUT2D eigenvalue weighted by molar-refractivity contribution is 5.79. The molecule has 1 aromatic heterocycles. The van der Waals surface area contributed by atoms with E-state index in [4.69, 9.17) is 9.97 Å². The number of amides is 1. The summed E-state index contributed by atoms with van der Waals surface area (Å²) < 4.78 is 13.0. The minimum absolute atomic E-state index is 0.0906. The lowest BCUT2D eigenvalue weighted by atomic mass is 10.0. The van der Waals surface area contributed by atoms with E-state index in [2.05, 4.69) is 41.4 Å². The Balaban J connectivity index is 1.36. The normalized spacial score (nSPS) is 16.2. The molecule has 1 saturated heterocycles. The van der Waals surface area contributed by atoms with Crippen LogP contribution >= 0.6 is 0 Å². The van der Waals surface area contributed by atoms with Crippen LogP contribution in [0.25, 0.3) is 0 Å². The molecule has 1 fully saturated rings. The number of benzene rings is 2. The number of carbonyl (C=O) groups excluding carboxylic acids is 1. The first-order valence-corrected chi connectivity index (χ1v) is 11.5. The summed E-state index contributed by atoms with van der Waals surface area (Å²) in [5.41, 5.74) is 6.17. The first-order valence-electron chi connectivity index (χ1n) is 11.5. The average molecular weight is 447 g/mol. The van der Waals surface area contributed by atoms with E-state index in [9.17, 15) is 9.18 Å². The van der Waals surface area contributed by atoms with Crippen molar-refractivity contribution in [2.45, 2.75) is 52.6 Å². The zero-order valence-corrected chi connectivity index (χ0v) is 19.6. The number of nitrogens with zero attached hydrogens (tertiary/aromatic N) is 3. The number of rotatable bonds is 7. The Labute approximate surface area is 195 Å². The van der Waals surface area contributed by atoms with Crippen LogP contribution in [0.2, 0.25) is 0 Å². The first kappa shape index (κ1) is 23.1. The van der Waals surface area contributed by atoms with Crippen LogP contribution in [0.3, 0.4) is 0 Å². The summed E-state index contributed by atoms with van der Waals surface area (Å²) in [6.07, 6.45) is 1.28. The SMILES string of the molecule is Cc1ccccc1CN1CC[C@H](c2nc(C)c(CC(=O)NCc3ccc(F)cc3)c(C)n2)C1. The van der Waals surface area contributed by atoms with Gasteiger partial charge in [-0.05, 0) is 62.6 Å². The van der Waals surface area contributed by atoms with Gasteiger partial charge in [0.15, 0.2) is 0 Å². The fraction of sp³-hybridized carbons (Fsp3) is 0.370. The highest BCUT2D eigenvalue weighted by atomic mass is 19.1. The quantitative estimate of drug-likeness (QED) is 0.585. The van der Waals surface area contributed by atoms with Crippen molar-refractivity contribution in [3.05, 3.63) is 93.8 Å². The van der Waals surface area contributed by atoms with Crippen molar-refractivity contribution in [3.8, 4) is 0 Å². The standard InChI is InChI=1S/C27H31FN4O/c1-18-6-4-5-7-22(18)16-32-13-12-23(17-32)27-30-19(2)25(20(3)31-27)14-26(33)29-15-21-8-10-24(28)11-9-21/h4-11,23H,12-17H2,1-3H3,(H,29,33)/t23-/m0/s1. The lowest BCUT2D eigenvalue weighted by Gasteiger charge is -2.18. The second-order valence-electron chi connectivity index (χ2n) is 8.96. The molecule has 1 aliphatic rings. The number of likely N-dealkylation sites (tertiary alicyclic amines) is 1. The van der Waals surface area contributed by atoms with Crippen LogP contribution in [-0.4, -0.2) is 33.9 Å². The summed E-state index contributed by atoms with van der Waals surface area (Å²) in [6.45, 7) is 9.38. The third-order valence-corrected chi connectivity index (χ3v) is 6.47. The van der Waals surface area contributed by atoms with Crippen LogP contribution in [0, 0.1) is 26.6 Å². The van der Waals surface area contributed by atoms with Crippen LogP contribution in [0.1, 0.15) is 51.8 Å². The summed E-state index contributed by atoms with van der Waals surface area (Å²) in [4.78, 5) is 24.6. The van der Waals surface area contributed by atoms with Crippen molar-refractivity contribution in [2.75, 3.05) is 13.1 Å². The van der Waals surface area contributed by atoms with Crippen molar-refractivity contribution >= 4 is 5.91 Å². The van der Waals surface area contributed by atoms with E-state index < -0.39 is 0 Å². The molecule has 0 aliphatic carbocycles. The molecule has 5 nitrogen and oxygen atoms in total. The van der Waals surface area contributed by atoms with Gasteiger partial charge < -0.3 is 5.32 Å². The Morgan fingerprint density at radius 3 is 2.45 bits per heavy atom. The molecule has 2 heterocycles. The molecule has 0 unspecified atom stereocenters. The maximum atomic E-state index is 13.0. The highest BCUT2D eigenvalue weighted by Crippen LogP contribution is 2.27. The minimum atomic E-state index is -0.283. The fourth-order valence-electron chi connectivity index (χ4n) is 4.45. The predicted molar refractivity (Wildman–Crippen MR) is 127 cm³/mol. The summed E-state index contributed by atoms with van der Waals surface area (Å²) in [7, 11) is 0. The minimum Gasteiger partial charge on any atom is -0.352 e. The van der Waals surface area contributed by atoms with Gasteiger partial charge in [-0.1, -0.05) is 36.4 Å². The van der Waals surface area contributed by atoms with Crippen LogP contribution in [0.15, 0.2) is 48.5 Å². The zero-order chi connectivity index (χ0) is 23.4. The zero-order valence-electron chi connectivity index (χ0n) is 19.6. The van der Waals surface area contributed by atoms with Crippen molar-refractivity contribution in [1.29, 1.82) is 0 Å². The van der Waals surface area contributed by atoms with Crippen LogP contribution < -0.4 is 5.32 Å².